The summed E-state index contributed by atoms with van der Waals surface area (Å²) in [4.78, 5) is 24.0. The van der Waals surface area contributed by atoms with Crippen molar-refractivity contribution in [3.8, 4) is 5.75 Å². The Morgan fingerprint density at radius 1 is 1.15 bits per heavy atom. The summed E-state index contributed by atoms with van der Waals surface area (Å²) in [6.07, 6.45) is 5.12. The Morgan fingerprint density at radius 2 is 1.85 bits per heavy atom. The van der Waals surface area contributed by atoms with Gasteiger partial charge < -0.3 is 10.1 Å². The van der Waals surface area contributed by atoms with Gasteiger partial charge in [-0.2, -0.15) is 0 Å². The Morgan fingerprint density at radius 3 is 2.54 bits per heavy atom. The van der Waals surface area contributed by atoms with E-state index < -0.39 is 0 Å². The smallest absolute Gasteiger partial charge is 0.276 e. The number of thiocarbonyl (C=S) groups is 1. The fourth-order valence-corrected chi connectivity index (χ4v) is 3.16. The van der Waals surface area contributed by atoms with E-state index >= 15 is 0 Å². The van der Waals surface area contributed by atoms with Crippen molar-refractivity contribution in [1.29, 1.82) is 0 Å². The Hall–Kier alpha value is -2.15. The molecule has 2 amide bonds. The van der Waals surface area contributed by atoms with Crippen molar-refractivity contribution < 1.29 is 14.3 Å². The van der Waals surface area contributed by atoms with Gasteiger partial charge in [0.1, 0.15) is 5.75 Å². The zero-order chi connectivity index (χ0) is 18.9. The SMILES string of the molecule is CC(C)c1ccccc1OCC(=O)NNC(=S)NC(=O)C1CCCCC1. The fraction of sp³-hybridized carbons (Fsp3) is 0.526. The molecule has 1 aliphatic rings. The number of carbonyl (C=O) groups excluding carboxylic acids is 2. The summed E-state index contributed by atoms with van der Waals surface area (Å²) in [5.41, 5.74) is 6.03. The van der Waals surface area contributed by atoms with Crippen LogP contribution in [0.3, 0.4) is 0 Å². The van der Waals surface area contributed by atoms with Gasteiger partial charge >= 0.3 is 0 Å². The molecule has 1 aromatic rings. The molecule has 0 heterocycles. The Labute approximate surface area is 160 Å². The van der Waals surface area contributed by atoms with Crippen molar-refractivity contribution >= 4 is 29.1 Å². The van der Waals surface area contributed by atoms with E-state index in [0.29, 0.717) is 11.7 Å². The number of amides is 2. The van der Waals surface area contributed by atoms with E-state index in [1.165, 1.54) is 6.42 Å². The number of hydrogen-bond acceptors (Lipinski definition) is 4. The van der Waals surface area contributed by atoms with Crippen LogP contribution in [0.4, 0.5) is 0 Å². The van der Waals surface area contributed by atoms with E-state index in [4.69, 9.17) is 17.0 Å². The second kappa shape index (κ2) is 10.1. The molecule has 0 bridgehead atoms. The van der Waals surface area contributed by atoms with Crippen LogP contribution in [0, 0.1) is 5.92 Å². The van der Waals surface area contributed by atoms with E-state index in [2.05, 4.69) is 30.0 Å². The third-order valence-electron chi connectivity index (χ3n) is 4.43. The maximum atomic E-state index is 12.1. The zero-order valence-electron chi connectivity index (χ0n) is 15.3. The molecular formula is C19H27N3O3S. The predicted octanol–water partition coefficient (Wildman–Crippen LogP) is 2.79. The molecule has 0 atom stereocenters. The molecule has 0 spiro atoms. The summed E-state index contributed by atoms with van der Waals surface area (Å²) in [5.74, 6) is 0.534. The van der Waals surface area contributed by atoms with Crippen molar-refractivity contribution in [1.82, 2.24) is 16.2 Å². The van der Waals surface area contributed by atoms with E-state index in [1.54, 1.807) is 0 Å². The molecule has 0 aliphatic heterocycles. The van der Waals surface area contributed by atoms with Crippen LogP contribution in [0.1, 0.15) is 57.4 Å². The molecule has 0 saturated heterocycles. The number of nitrogens with one attached hydrogen (secondary N) is 3. The molecule has 0 radical (unpaired) electrons. The molecule has 142 valence electrons. The van der Waals surface area contributed by atoms with Crippen LogP contribution >= 0.6 is 12.2 Å². The van der Waals surface area contributed by atoms with Gasteiger partial charge in [0.15, 0.2) is 11.7 Å². The van der Waals surface area contributed by atoms with E-state index in [9.17, 15) is 9.59 Å². The van der Waals surface area contributed by atoms with Crippen molar-refractivity contribution in [3.63, 3.8) is 0 Å². The second-order valence-electron chi connectivity index (χ2n) is 6.81. The lowest BCUT2D eigenvalue weighted by Crippen LogP contribution is -2.50. The van der Waals surface area contributed by atoms with Gasteiger partial charge in [-0.25, -0.2) is 0 Å². The van der Waals surface area contributed by atoms with E-state index in [0.717, 1.165) is 31.2 Å². The molecule has 1 aromatic carbocycles. The summed E-state index contributed by atoms with van der Waals surface area (Å²) in [6.45, 7) is 3.99. The minimum Gasteiger partial charge on any atom is -0.483 e. The lowest BCUT2D eigenvalue weighted by atomic mass is 9.89. The first-order valence-electron chi connectivity index (χ1n) is 9.08. The number of hydrogen-bond donors (Lipinski definition) is 3. The predicted molar refractivity (Wildman–Crippen MR) is 105 cm³/mol. The summed E-state index contributed by atoms with van der Waals surface area (Å²) in [6, 6.07) is 7.63. The van der Waals surface area contributed by atoms with Gasteiger partial charge in [0, 0.05) is 5.92 Å². The molecule has 7 heteroatoms. The summed E-state index contributed by atoms with van der Waals surface area (Å²) in [5, 5.41) is 2.72. The molecule has 1 saturated carbocycles. The third kappa shape index (κ3) is 6.29. The minimum atomic E-state index is -0.377. The van der Waals surface area contributed by atoms with Crippen LogP contribution in [0.25, 0.3) is 0 Å². The lowest BCUT2D eigenvalue weighted by molar-refractivity contribution is -0.125. The summed E-state index contributed by atoms with van der Waals surface area (Å²) in [7, 11) is 0. The van der Waals surface area contributed by atoms with Crippen LogP contribution in [-0.4, -0.2) is 23.5 Å². The van der Waals surface area contributed by atoms with Crippen molar-refractivity contribution in [3.05, 3.63) is 29.8 Å². The van der Waals surface area contributed by atoms with Crippen LogP contribution in [0.15, 0.2) is 24.3 Å². The number of rotatable bonds is 5. The quantitative estimate of drug-likeness (QED) is 0.543. The van der Waals surface area contributed by atoms with Gasteiger partial charge in [-0.15, -0.1) is 0 Å². The second-order valence-corrected chi connectivity index (χ2v) is 7.22. The number of benzene rings is 1. The van der Waals surface area contributed by atoms with Gasteiger partial charge in [0.05, 0.1) is 0 Å². The zero-order valence-corrected chi connectivity index (χ0v) is 16.2. The summed E-state index contributed by atoms with van der Waals surface area (Å²) >= 11 is 5.05. The minimum absolute atomic E-state index is 0.00932. The first kappa shape index (κ1) is 20.2. The monoisotopic (exact) mass is 377 g/mol. The standard InChI is InChI=1S/C19H27N3O3S/c1-13(2)15-10-6-7-11-16(15)25-12-17(23)21-22-19(26)20-18(24)14-8-4-3-5-9-14/h6-7,10-11,13-14H,3-5,8-9,12H2,1-2H3,(H,21,23)(H2,20,22,24,26). The van der Waals surface area contributed by atoms with Crippen molar-refractivity contribution in [2.75, 3.05) is 6.61 Å². The Balaban J connectivity index is 1.71. The average Bonchev–Trinajstić information content (AvgIpc) is 2.65. The number of ether oxygens (including phenoxy) is 1. The number of para-hydroxylation sites is 1. The molecule has 6 nitrogen and oxygen atoms in total. The van der Waals surface area contributed by atoms with Gasteiger partial charge in [0.2, 0.25) is 5.91 Å². The van der Waals surface area contributed by atoms with E-state index in [-0.39, 0.29) is 29.5 Å². The highest BCUT2D eigenvalue weighted by Gasteiger charge is 2.21. The maximum Gasteiger partial charge on any atom is 0.276 e. The highest BCUT2D eigenvalue weighted by molar-refractivity contribution is 7.80. The summed E-state index contributed by atoms with van der Waals surface area (Å²) < 4.78 is 5.59. The topological polar surface area (TPSA) is 79.5 Å². The lowest BCUT2D eigenvalue weighted by Gasteiger charge is -2.21. The fourth-order valence-electron chi connectivity index (χ4n) is 3.00. The Bertz CT molecular complexity index is 643. The van der Waals surface area contributed by atoms with Gasteiger partial charge in [-0.1, -0.05) is 51.3 Å². The number of carbonyl (C=O) groups is 2. The largest absolute Gasteiger partial charge is 0.483 e. The molecule has 0 unspecified atom stereocenters. The van der Waals surface area contributed by atoms with Crippen LogP contribution < -0.4 is 20.9 Å². The van der Waals surface area contributed by atoms with Gasteiger partial charge in [-0.3, -0.25) is 20.4 Å². The Kier molecular flexibility index (Phi) is 7.84. The molecule has 0 aromatic heterocycles. The first-order chi connectivity index (χ1) is 12.5. The van der Waals surface area contributed by atoms with Crippen LogP contribution in [0.5, 0.6) is 5.75 Å². The molecule has 26 heavy (non-hydrogen) atoms. The van der Waals surface area contributed by atoms with Crippen LogP contribution in [-0.2, 0) is 9.59 Å². The molecular weight excluding hydrogens is 350 g/mol. The molecule has 2 rings (SSSR count). The third-order valence-corrected chi connectivity index (χ3v) is 4.63. The highest BCUT2D eigenvalue weighted by Crippen LogP contribution is 2.25. The molecule has 1 fully saturated rings. The van der Waals surface area contributed by atoms with Gasteiger partial charge in [0.25, 0.3) is 5.91 Å². The maximum absolute atomic E-state index is 12.1. The molecule has 3 N–H and O–H groups in total. The average molecular weight is 378 g/mol. The van der Waals surface area contributed by atoms with Crippen LogP contribution in [0.2, 0.25) is 0 Å². The molecule has 1 aliphatic carbocycles. The normalized spacial score (nSPS) is 14.6. The number of hydrazine groups is 1. The van der Waals surface area contributed by atoms with E-state index in [1.807, 2.05) is 24.3 Å². The van der Waals surface area contributed by atoms with Crippen molar-refractivity contribution in [2.45, 2.75) is 51.9 Å². The van der Waals surface area contributed by atoms with Gasteiger partial charge in [-0.05, 0) is 42.6 Å². The first-order valence-corrected chi connectivity index (χ1v) is 9.49. The van der Waals surface area contributed by atoms with Crippen molar-refractivity contribution in [2.24, 2.45) is 5.92 Å². The highest BCUT2D eigenvalue weighted by atomic mass is 32.1.